The summed E-state index contributed by atoms with van der Waals surface area (Å²) >= 11 is 0. The van der Waals surface area contributed by atoms with E-state index in [0.29, 0.717) is 17.0 Å². The quantitative estimate of drug-likeness (QED) is 0.0841. The molecule has 2 rings (SSSR count). The highest BCUT2D eigenvalue weighted by molar-refractivity contribution is 8.76. The fourth-order valence-electron chi connectivity index (χ4n) is 3.76. The van der Waals surface area contributed by atoms with Crippen molar-refractivity contribution in [3.8, 4) is 0 Å². The van der Waals surface area contributed by atoms with Gasteiger partial charge in [-0.25, -0.2) is 0 Å². The first-order valence-electron chi connectivity index (χ1n) is 12.5. The molecule has 1 aromatic carbocycles. The number of benzene rings is 1. The number of aliphatic imine (C=N–C) groups is 1. The minimum absolute atomic E-state index is 0.111. The van der Waals surface area contributed by atoms with E-state index in [1.165, 1.54) is 40.5 Å². The number of carbonyl (C=O) groups excluding carboxylic acids is 5. The van der Waals surface area contributed by atoms with Crippen LogP contribution in [0, 0.1) is 0 Å². The molecule has 1 aliphatic rings. The van der Waals surface area contributed by atoms with E-state index in [4.69, 9.17) is 11.5 Å². The summed E-state index contributed by atoms with van der Waals surface area (Å²) in [4.78, 5) is 81.2. The molecule has 15 nitrogen and oxygen atoms in total. The molecule has 3 atom stereocenters. The number of hydrogen-bond donors (Lipinski definition) is 7. The third-order valence-electron chi connectivity index (χ3n) is 5.71. The van der Waals surface area contributed by atoms with Crippen LogP contribution in [-0.2, 0) is 28.8 Å². The zero-order valence-corrected chi connectivity index (χ0v) is 24.2. The number of likely N-dealkylation sites (N-methyl/N-ethyl adjacent to an activating group) is 1. The molecule has 0 spiro atoms. The molecule has 1 aliphatic heterocycles. The minimum atomic E-state index is -1.43. The average Bonchev–Trinajstić information content (AvgIpc) is 2.90. The molecule has 0 aliphatic carbocycles. The van der Waals surface area contributed by atoms with Crippen molar-refractivity contribution in [3.63, 3.8) is 0 Å². The molecule has 1 aromatic rings. The van der Waals surface area contributed by atoms with Crippen LogP contribution in [-0.4, -0.2) is 95.5 Å². The first-order valence-corrected chi connectivity index (χ1v) is 14.8. The maximum atomic E-state index is 13.5. The lowest BCUT2D eigenvalue weighted by molar-refractivity contribution is -0.141. The molecule has 0 aromatic heterocycles. The van der Waals surface area contributed by atoms with Crippen molar-refractivity contribution in [3.05, 3.63) is 24.3 Å². The van der Waals surface area contributed by atoms with Gasteiger partial charge in [-0.15, -0.1) is 0 Å². The van der Waals surface area contributed by atoms with Crippen molar-refractivity contribution >= 4 is 68.7 Å². The van der Waals surface area contributed by atoms with E-state index in [1.807, 2.05) is 0 Å². The number of amides is 5. The molecule has 0 saturated heterocycles. The molecule has 224 valence electrons. The molecule has 0 saturated carbocycles. The molecule has 41 heavy (non-hydrogen) atoms. The normalized spacial score (nSPS) is 20.9. The smallest absolute Gasteiger partial charge is 0.305 e. The molecule has 1 heterocycles. The molecule has 5 amide bonds. The van der Waals surface area contributed by atoms with Crippen LogP contribution in [0.5, 0.6) is 0 Å². The van der Waals surface area contributed by atoms with Crippen LogP contribution in [0.2, 0.25) is 0 Å². The van der Waals surface area contributed by atoms with Gasteiger partial charge in [0.25, 0.3) is 0 Å². The highest BCUT2D eigenvalue weighted by Gasteiger charge is 2.32. The van der Waals surface area contributed by atoms with Crippen LogP contribution in [0.1, 0.15) is 26.2 Å². The Balaban J connectivity index is 2.42. The molecule has 0 bridgehead atoms. The van der Waals surface area contributed by atoms with Crippen molar-refractivity contribution in [2.75, 3.05) is 31.2 Å². The number of carboxylic acid groups (broad SMARTS) is 1. The largest absolute Gasteiger partial charge is 0.481 e. The van der Waals surface area contributed by atoms with Gasteiger partial charge in [-0.3, -0.25) is 33.8 Å². The van der Waals surface area contributed by atoms with E-state index >= 15 is 0 Å². The molecule has 0 fully saturated rings. The number of nitrogens with two attached hydrogens (primary N) is 2. The predicted molar refractivity (Wildman–Crippen MR) is 155 cm³/mol. The summed E-state index contributed by atoms with van der Waals surface area (Å²) < 4.78 is 0. The van der Waals surface area contributed by atoms with Crippen LogP contribution in [0.4, 0.5) is 5.69 Å². The number of nitrogens with one attached hydrogen (secondary N) is 4. The third kappa shape index (κ3) is 11.2. The highest BCUT2D eigenvalue weighted by Crippen LogP contribution is 2.36. The molecule has 17 heteroatoms. The zero-order chi connectivity index (χ0) is 30.5. The number of guanidine groups is 1. The Hall–Kier alpha value is -3.99. The second kappa shape index (κ2) is 16.3. The first kappa shape index (κ1) is 33.2. The van der Waals surface area contributed by atoms with E-state index in [1.54, 1.807) is 24.3 Å². The van der Waals surface area contributed by atoms with Crippen molar-refractivity contribution in [2.24, 2.45) is 16.5 Å². The highest BCUT2D eigenvalue weighted by atomic mass is 33.1. The zero-order valence-electron chi connectivity index (χ0n) is 22.5. The van der Waals surface area contributed by atoms with Gasteiger partial charge in [0.05, 0.1) is 18.7 Å². The lowest BCUT2D eigenvalue weighted by Gasteiger charge is -2.30. The Morgan fingerprint density at radius 3 is 2.54 bits per heavy atom. The summed E-state index contributed by atoms with van der Waals surface area (Å²) in [6.45, 7) is 0.859. The van der Waals surface area contributed by atoms with E-state index in [0.717, 1.165) is 0 Å². The molecular weight excluding hydrogens is 576 g/mol. The fourth-order valence-corrected chi connectivity index (χ4v) is 6.08. The predicted octanol–water partition coefficient (Wildman–Crippen LogP) is -1.16. The summed E-state index contributed by atoms with van der Waals surface area (Å²) in [5, 5.41) is 19.3. The van der Waals surface area contributed by atoms with Gasteiger partial charge in [0, 0.05) is 31.2 Å². The Labute approximate surface area is 244 Å². The van der Waals surface area contributed by atoms with Gasteiger partial charge in [0.1, 0.15) is 18.1 Å². The van der Waals surface area contributed by atoms with Crippen molar-refractivity contribution in [1.82, 2.24) is 20.9 Å². The Morgan fingerprint density at radius 1 is 1.17 bits per heavy atom. The number of carbonyl (C=O) groups is 6. The summed E-state index contributed by atoms with van der Waals surface area (Å²) in [5.41, 5.74) is 11.1. The number of rotatable bonds is 7. The van der Waals surface area contributed by atoms with Gasteiger partial charge in [-0.1, -0.05) is 33.7 Å². The third-order valence-corrected chi connectivity index (χ3v) is 8.13. The summed E-state index contributed by atoms with van der Waals surface area (Å²) in [6.07, 6.45) is -0.260. The standard InChI is InChI=1S/C24H34N8O7S2/c1-13(33)29-16-12-40-41-18-8-4-3-6-14(18)31-21(37)15(10-20(35)36)30-19(34)11-28-22(38)17(32(2)23(16)39)7-5-9-27-24(25)26/h3-4,6,8,15-17H,5,7,9-12H2,1-2H3,(H,28,38)(H,29,33)(H,30,34)(H,31,37)(H,35,36)(H4,25,26,27)/t15-,16-,17-/m1/s1. The first-order chi connectivity index (χ1) is 19.4. The topological polar surface area (TPSA) is 238 Å². The molecule has 0 radical (unpaired) electrons. The maximum absolute atomic E-state index is 13.5. The summed E-state index contributed by atoms with van der Waals surface area (Å²) in [6, 6.07) is 3.22. The Kier molecular flexibility index (Phi) is 13.2. The number of anilines is 1. The van der Waals surface area contributed by atoms with Crippen molar-refractivity contribution in [2.45, 2.75) is 49.2 Å². The van der Waals surface area contributed by atoms with Gasteiger partial charge < -0.3 is 42.7 Å². The van der Waals surface area contributed by atoms with Crippen LogP contribution in [0.25, 0.3) is 0 Å². The van der Waals surface area contributed by atoms with E-state index in [2.05, 4.69) is 26.3 Å². The van der Waals surface area contributed by atoms with Gasteiger partial charge in [0.2, 0.25) is 29.5 Å². The number of para-hydroxylation sites is 1. The minimum Gasteiger partial charge on any atom is -0.481 e. The summed E-state index contributed by atoms with van der Waals surface area (Å²) in [7, 11) is 3.85. The monoisotopic (exact) mass is 610 g/mol. The second-order valence-corrected chi connectivity index (χ2v) is 11.3. The maximum Gasteiger partial charge on any atom is 0.305 e. The summed E-state index contributed by atoms with van der Waals surface area (Å²) in [5.74, 6) is -4.58. The van der Waals surface area contributed by atoms with Crippen molar-refractivity contribution < 1.29 is 33.9 Å². The van der Waals surface area contributed by atoms with Gasteiger partial charge in [0.15, 0.2) is 5.96 Å². The van der Waals surface area contributed by atoms with Crippen LogP contribution in [0.3, 0.4) is 0 Å². The van der Waals surface area contributed by atoms with Gasteiger partial charge >= 0.3 is 5.97 Å². The van der Waals surface area contributed by atoms with Gasteiger partial charge in [-0.2, -0.15) is 0 Å². The number of fused-ring (bicyclic) bond motifs is 1. The second-order valence-electron chi connectivity index (χ2n) is 8.96. The van der Waals surface area contributed by atoms with Crippen LogP contribution in [0.15, 0.2) is 34.2 Å². The van der Waals surface area contributed by atoms with Crippen molar-refractivity contribution in [1.29, 1.82) is 0 Å². The lowest BCUT2D eigenvalue weighted by Crippen LogP contribution is -2.56. The Bertz CT molecular complexity index is 1180. The van der Waals surface area contributed by atoms with Gasteiger partial charge in [-0.05, 0) is 25.0 Å². The molecule has 0 unspecified atom stereocenters. The van der Waals surface area contributed by atoms with Crippen LogP contribution < -0.4 is 32.7 Å². The number of carboxylic acids is 1. The number of hydrogen-bond acceptors (Lipinski definition) is 9. The fraction of sp³-hybridized carbons (Fsp3) is 0.458. The average molecular weight is 611 g/mol. The SMILES string of the molecule is CC(=O)N[C@@H]1CSSc2ccccc2NC(=O)[C@@H](CC(=O)O)NC(=O)CNC(=O)[C@@H](CCCN=C(N)N)N(C)C1=O. The van der Waals surface area contributed by atoms with E-state index in [-0.39, 0.29) is 24.7 Å². The van der Waals surface area contributed by atoms with E-state index in [9.17, 15) is 33.9 Å². The number of nitrogens with zero attached hydrogens (tertiary/aromatic N) is 2. The Morgan fingerprint density at radius 2 is 1.88 bits per heavy atom. The number of aliphatic carboxylic acids is 1. The molecule has 9 N–H and O–H groups in total. The molecular formula is C24H34N8O7S2. The van der Waals surface area contributed by atoms with Crippen LogP contribution >= 0.6 is 21.6 Å². The lowest BCUT2D eigenvalue weighted by atomic mass is 10.1. The van der Waals surface area contributed by atoms with E-state index < -0.39 is 66.6 Å².